The summed E-state index contributed by atoms with van der Waals surface area (Å²) in [6.07, 6.45) is 8.64. The highest BCUT2D eigenvalue weighted by atomic mass is 16.2. The SMILES string of the molecule is CC(C)N1CCC(NCc2ccccc2NC(=O)N2CCC(N3CCCCC3)CC2)CC1. The summed E-state index contributed by atoms with van der Waals surface area (Å²) in [5.74, 6) is 0. The number of likely N-dealkylation sites (tertiary alicyclic amines) is 3. The molecule has 0 saturated carbocycles. The second-order valence-electron chi connectivity index (χ2n) is 10.2. The maximum Gasteiger partial charge on any atom is 0.321 e. The Bertz CT molecular complexity index is 717. The molecule has 3 fully saturated rings. The van der Waals surface area contributed by atoms with E-state index in [0.717, 1.165) is 38.2 Å². The molecule has 0 bridgehead atoms. The molecule has 1 aromatic rings. The summed E-state index contributed by atoms with van der Waals surface area (Å²) < 4.78 is 0. The van der Waals surface area contributed by atoms with Crippen LogP contribution in [0.25, 0.3) is 0 Å². The van der Waals surface area contributed by atoms with Crippen molar-refractivity contribution >= 4 is 11.7 Å². The molecule has 0 radical (unpaired) electrons. The van der Waals surface area contributed by atoms with Crippen LogP contribution in [0.2, 0.25) is 0 Å². The van der Waals surface area contributed by atoms with Crippen molar-refractivity contribution in [2.45, 2.75) is 83.5 Å². The molecule has 0 aromatic heterocycles. The molecule has 3 aliphatic heterocycles. The van der Waals surface area contributed by atoms with Gasteiger partial charge >= 0.3 is 6.03 Å². The first-order valence-electron chi connectivity index (χ1n) is 13.0. The van der Waals surface area contributed by atoms with Crippen molar-refractivity contribution in [3.8, 4) is 0 Å². The van der Waals surface area contributed by atoms with Gasteiger partial charge in [-0.3, -0.25) is 0 Å². The second-order valence-corrected chi connectivity index (χ2v) is 10.2. The van der Waals surface area contributed by atoms with Crippen molar-refractivity contribution in [3.05, 3.63) is 29.8 Å². The van der Waals surface area contributed by atoms with E-state index in [-0.39, 0.29) is 6.03 Å². The number of hydrogen-bond donors (Lipinski definition) is 2. The first-order chi connectivity index (χ1) is 15.6. The lowest BCUT2D eigenvalue weighted by atomic mass is 10.00. The number of para-hydroxylation sites is 1. The minimum absolute atomic E-state index is 0.0554. The number of amides is 2. The number of anilines is 1. The normalized spacial score (nSPS) is 22.4. The number of hydrogen-bond acceptors (Lipinski definition) is 4. The van der Waals surface area contributed by atoms with Gasteiger partial charge in [-0.25, -0.2) is 4.79 Å². The second kappa shape index (κ2) is 11.5. The average Bonchev–Trinajstić information content (AvgIpc) is 2.84. The zero-order valence-electron chi connectivity index (χ0n) is 20.2. The Morgan fingerprint density at radius 1 is 0.938 bits per heavy atom. The number of urea groups is 1. The fraction of sp³-hybridized carbons (Fsp3) is 0.731. The molecule has 3 aliphatic rings. The molecular formula is C26H43N5O. The summed E-state index contributed by atoms with van der Waals surface area (Å²) in [6, 6.07) is 10.2. The third-order valence-electron chi connectivity index (χ3n) is 7.76. The van der Waals surface area contributed by atoms with Crippen LogP contribution in [-0.4, -0.2) is 78.1 Å². The highest BCUT2D eigenvalue weighted by molar-refractivity contribution is 5.90. The predicted octanol–water partition coefficient (Wildman–Crippen LogP) is 4.13. The number of carbonyl (C=O) groups excluding carboxylic acids is 1. The molecule has 0 aliphatic carbocycles. The molecular weight excluding hydrogens is 398 g/mol. The van der Waals surface area contributed by atoms with Gasteiger partial charge in [-0.15, -0.1) is 0 Å². The Morgan fingerprint density at radius 2 is 1.62 bits per heavy atom. The molecule has 0 spiro atoms. The molecule has 6 nitrogen and oxygen atoms in total. The Kier molecular flexibility index (Phi) is 8.44. The number of piperidine rings is 3. The monoisotopic (exact) mass is 441 g/mol. The van der Waals surface area contributed by atoms with Crippen LogP contribution in [-0.2, 0) is 6.54 Å². The highest BCUT2D eigenvalue weighted by Crippen LogP contribution is 2.22. The fourth-order valence-corrected chi connectivity index (χ4v) is 5.58. The van der Waals surface area contributed by atoms with E-state index in [2.05, 4.69) is 46.4 Å². The largest absolute Gasteiger partial charge is 0.324 e. The van der Waals surface area contributed by atoms with Crippen molar-refractivity contribution in [3.63, 3.8) is 0 Å². The molecule has 2 amide bonds. The third kappa shape index (κ3) is 6.24. The van der Waals surface area contributed by atoms with Gasteiger partial charge in [0.05, 0.1) is 0 Å². The molecule has 6 heteroatoms. The highest BCUT2D eigenvalue weighted by Gasteiger charge is 2.28. The van der Waals surface area contributed by atoms with Gasteiger partial charge in [-0.05, 0) is 90.2 Å². The van der Waals surface area contributed by atoms with Crippen molar-refractivity contribution < 1.29 is 4.79 Å². The van der Waals surface area contributed by atoms with E-state index in [4.69, 9.17) is 0 Å². The Hall–Kier alpha value is -1.63. The van der Waals surface area contributed by atoms with Gasteiger partial charge in [-0.2, -0.15) is 0 Å². The lowest BCUT2D eigenvalue weighted by molar-refractivity contribution is 0.104. The summed E-state index contributed by atoms with van der Waals surface area (Å²) >= 11 is 0. The van der Waals surface area contributed by atoms with Gasteiger partial charge in [0.25, 0.3) is 0 Å². The molecule has 3 saturated heterocycles. The Labute approximate surface area is 194 Å². The van der Waals surface area contributed by atoms with E-state index in [1.807, 2.05) is 17.0 Å². The molecule has 3 heterocycles. The Balaban J connectivity index is 1.24. The van der Waals surface area contributed by atoms with E-state index in [9.17, 15) is 4.79 Å². The van der Waals surface area contributed by atoms with E-state index in [0.29, 0.717) is 18.1 Å². The van der Waals surface area contributed by atoms with Crippen LogP contribution in [0.1, 0.15) is 64.4 Å². The predicted molar refractivity (Wildman–Crippen MR) is 132 cm³/mol. The molecule has 178 valence electrons. The molecule has 32 heavy (non-hydrogen) atoms. The lowest BCUT2D eigenvalue weighted by Crippen LogP contribution is -2.49. The minimum atomic E-state index is 0.0554. The average molecular weight is 442 g/mol. The Morgan fingerprint density at radius 3 is 2.31 bits per heavy atom. The molecule has 1 aromatic carbocycles. The maximum absolute atomic E-state index is 13.0. The van der Waals surface area contributed by atoms with Gasteiger partial charge in [-0.1, -0.05) is 24.6 Å². The fourth-order valence-electron chi connectivity index (χ4n) is 5.58. The number of benzene rings is 1. The maximum atomic E-state index is 13.0. The standard InChI is InChI=1S/C26H43N5O/c1-21(2)29-16-10-23(11-17-29)27-20-22-8-4-5-9-25(22)28-26(32)31-18-12-24(13-19-31)30-14-6-3-7-15-30/h4-5,8-9,21,23-24,27H,3,6-7,10-20H2,1-2H3,(H,28,32). The van der Waals surface area contributed by atoms with Crippen molar-refractivity contribution in [1.82, 2.24) is 20.0 Å². The van der Waals surface area contributed by atoms with E-state index in [1.165, 1.54) is 63.8 Å². The van der Waals surface area contributed by atoms with Crippen molar-refractivity contribution in [2.24, 2.45) is 0 Å². The quantitative estimate of drug-likeness (QED) is 0.697. The first kappa shape index (κ1) is 23.5. The number of carbonyl (C=O) groups is 1. The van der Waals surface area contributed by atoms with E-state index in [1.54, 1.807) is 0 Å². The number of nitrogens with one attached hydrogen (secondary N) is 2. The smallest absolute Gasteiger partial charge is 0.321 e. The van der Waals surface area contributed by atoms with E-state index < -0.39 is 0 Å². The summed E-state index contributed by atoms with van der Waals surface area (Å²) in [5, 5.41) is 6.95. The van der Waals surface area contributed by atoms with Crippen LogP contribution < -0.4 is 10.6 Å². The van der Waals surface area contributed by atoms with Gasteiger partial charge in [0, 0.05) is 43.4 Å². The zero-order chi connectivity index (χ0) is 22.3. The van der Waals surface area contributed by atoms with Crippen LogP contribution in [0.15, 0.2) is 24.3 Å². The lowest BCUT2D eigenvalue weighted by Gasteiger charge is -2.40. The van der Waals surface area contributed by atoms with Crippen LogP contribution in [0.3, 0.4) is 0 Å². The third-order valence-corrected chi connectivity index (χ3v) is 7.76. The van der Waals surface area contributed by atoms with Crippen LogP contribution in [0, 0.1) is 0 Å². The molecule has 4 rings (SSSR count). The van der Waals surface area contributed by atoms with Crippen LogP contribution in [0.4, 0.5) is 10.5 Å². The van der Waals surface area contributed by atoms with Gasteiger partial charge in [0.1, 0.15) is 0 Å². The molecule has 0 unspecified atom stereocenters. The topological polar surface area (TPSA) is 50.9 Å². The van der Waals surface area contributed by atoms with E-state index >= 15 is 0 Å². The van der Waals surface area contributed by atoms with Crippen LogP contribution >= 0.6 is 0 Å². The van der Waals surface area contributed by atoms with Crippen molar-refractivity contribution in [1.29, 1.82) is 0 Å². The van der Waals surface area contributed by atoms with Crippen LogP contribution in [0.5, 0.6) is 0 Å². The summed E-state index contributed by atoms with van der Waals surface area (Å²) in [6.45, 7) is 11.9. The summed E-state index contributed by atoms with van der Waals surface area (Å²) in [5.41, 5.74) is 2.12. The first-order valence-corrected chi connectivity index (χ1v) is 13.0. The van der Waals surface area contributed by atoms with Gasteiger partial charge < -0.3 is 25.3 Å². The minimum Gasteiger partial charge on any atom is -0.324 e. The van der Waals surface area contributed by atoms with Gasteiger partial charge in [0.15, 0.2) is 0 Å². The van der Waals surface area contributed by atoms with Crippen molar-refractivity contribution in [2.75, 3.05) is 44.6 Å². The molecule has 2 N–H and O–H groups in total. The number of rotatable bonds is 6. The van der Waals surface area contributed by atoms with Gasteiger partial charge in [0.2, 0.25) is 0 Å². The molecule has 0 atom stereocenters. The number of nitrogens with zero attached hydrogens (tertiary/aromatic N) is 3. The summed E-state index contributed by atoms with van der Waals surface area (Å²) in [4.78, 5) is 20.2. The zero-order valence-corrected chi connectivity index (χ0v) is 20.2. The summed E-state index contributed by atoms with van der Waals surface area (Å²) in [7, 11) is 0.